The number of hydrogen-bond donors (Lipinski definition) is 1. The molecule has 0 aliphatic carbocycles. The van der Waals surface area contributed by atoms with Gasteiger partial charge in [0.15, 0.2) is 5.82 Å². The van der Waals surface area contributed by atoms with Crippen LogP contribution in [-0.2, 0) is 11.2 Å². The molecule has 5 nitrogen and oxygen atoms in total. The van der Waals surface area contributed by atoms with Gasteiger partial charge in [0.1, 0.15) is 5.82 Å². The number of benzene rings is 1. The van der Waals surface area contributed by atoms with E-state index in [9.17, 15) is 9.18 Å². The Morgan fingerprint density at radius 2 is 2.37 bits per heavy atom. The average Bonchev–Trinajstić information content (AvgIpc) is 2.86. The largest absolute Gasteiger partial charge is 0.346 e. The molecular weight excluding hydrogens is 273 g/mol. The van der Waals surface area contributed by atoms with Gasteiger partial charge in [0.2, 0.25) is 12.3 Å². The van der Waals surface area contributed by atoms with Crippen LogP contribution in [0.5, 0.6) is 0 Å². The molecule has 0 spiro atoms. The molecule has 1 aromatic carbocycles. The molecule has 0 saturated carbocycles. The third-order valence-corrected chi connectivity index (χ3v) is 2.86. The summed E-state index contributed by atoms with van der Waals surface area (Å²) in [5, 5.41) is 6.55. The van der Waals surface area contributed by atoms with Crippen LogP contribution in [0.4, 0.5) is 4.39 Å². The molecule has 1 heterocycles. The van der Waals surface area contributed by atoms with Gasteiger partial charge in [0.05, 0.1) is 12.5 Å². The van der Waals surface area contributed by atoms with E-state index in [4.69, 9.17) is 11.6 Å². The zero-order valence-corrected chi connectivity index (χ0v) is 10.8. The molecule has 19 heavy (non-hydrogen) atoms. The monoisotopic (exact) mass is 283 g/mol. The van der Waals surface area contributed by atoms with Crippen molar-refractivity contribution in [2.45, 2.75) is 19.4 Å². The molecule has 1 N–H and O–H groups in total. The standard InChI is InChI=1S/C12H11ClFN3O2/c1-7(12-15-6-19-17-12)16-11(18)4-8-2-3-9(14)5-10(8)13/h2-3,5-7H,4H2,1H3,(H,16,18)/t7-/m1/s1. The molecule has 1 aromatic heterocycles. The molecule has 2 aromatic rings. The third-order valence-electron chi connectivity index (χ3n) is 2.51. The first-order chi connectivity index (χ1) is 9.06. The minimum absolute atomic E-state index is 0.0568. The Bertz CT molecular complexity index is 574. The molecule has 2 rings (SSSR count). The van der Waals surface area contributed by atoms with E-state index in [0.29, 0.717) is 11.4 Å². The first kappa shape index (κ1) is 13.5. The maximum atomic E-state index is 12.9. The van der Waals surface area contributed by atoms with Crippen molar-refractivity contribution >= 4 is 17.5 Å². The van der Waals surface area contributed by atoms with Gasteiger partial charge in [-0.3, -0.25) is 4.79 Å². The van der Waals surface area contributed by atoms with Gasteiger partial charge in [0.25, 0.3) is 0 Å². The van der Waals surface area contributed by atoms with Crippen molar-refractivity contribution in [1.82, 2.24) is 15.5 Å². The lowest BCUT2D eigenvalue weighted by Crippen LogP contribution is -2.28. The van der Waals surface area contributed by atoms with Crippen molar-refractivity contribution in [3.05, 3.63) is 46.8 Å². The molecule has 0 radical (unpaired) electrons. The van der Waals surface area contributed by atoms with Crippen molar-refractivity contribution in [2.75, 3.05) is 0 Å². The Morgan fingerprint density at radius 3 is 3.00 bits per heavy atom. The average molecular weight is 284 g/mol. The number of aromatic nitrogens is 2. The third kappa shape index (κ3) is 3.51. The lowest BCUT2D eigenvalue weighted by Gasteiger charge is -2.10. The number of nitrogens with one attached hydrogen (secondary N) is 1. The van der Waals surface area contributed by atoms with Crippen LogP contribution in [0, 0.1) is 5.82 Å². The van der Waals surface area contributed by atoms with Gasteiger partial charge in [0, 0.05) is 5.02 Å². The predicted octanol–water partition coefficient (Wildman–Crippen LogP) is 2.28. The summed E-state index contributed by atoms with van der Waals surface area (Å²) in [6.45, 7) is 1.73. The van der Waals surface area contributed by atoms with Crippen molar-refractivity contribution in [3.63, 3.8) is 0 Å². The first-order valence-electron chi connectivity index (χ1n) is 5.56. The summed E-state index contributed by atoms with van der Waals surface area (Å²) < 4.78 is 17.5. The highest BCUT2D eigenvalue weighted by atomic mass is 35.5. The Hall–Kier alpha value is -1.95. The Labute approximate surface area is 113 Å². The van der Waals surface area contributed by atoms with Gasteiger partial charge in [-0.05, 0) is 24.6 Å². The molecule has 1 atom stereocenters. The molecular formula is C12H11ClFN3O2. The van der Waals surface area contributed by atoms with Gasteiger partial charge in [-0.1, -0.05) is 22.8 Å². The van der Waals surface area contributed by atoms with Crippen LogP contribution in [0.15, 0.2) is 29.1 Å². The summed E-state index contributed by atoms with van der Waals surface area (Å²) in [6, 6.07) is 3.55. The minimum atomic E-state index is -0.436. The smallest absolute Gasteiger partial charge is 0.225 e. The second-order valence-electron chi connectivity index (χ2n) is 3.99. The fourth-order valence-corrected chi connectivity index (χ4v) is 1.80. The SMILES string of the molecule is C[C@@H](NC(=O)Cc1ccc(F)cc1Cl)c1ncon1. The van der Waals surface area contributed by atoms with Crippen LogP contribution in [0.25, 0.3) is 0 Å². The lowest BCUT2D eigenvalue weighted by molar-refractivity contribution is -0.121. The Balaban J connectivity index is 1.98. The van der Waals surface area contributed by atoms with Crippen LogP contribution in [0.3, 0.4) is 0 Å². The number of carbonyl (C=O) groups is 1. The molecule has 100 valence electrons. The molecule has 0 aliphatic rings. The van der Waals surface area contributed by atoms with Crippen LogP contribution in [0.1, 0.15) is 24.4 Å². The van der Waals surface area contributed by atoms with Crippen LogP contribution >= 0.6 is 11.6 Å². The van der Waals surface area contributed by atoms with E-state index >= 15 is 0 Å². The summed E-state index contributed by atoms with van der Waals surface area (Å²) >= 11 is 5.85. The van der Waals surface area contributed by atoms with E-state index in [1.165, 1.54) is 24.6 Å². The predicted molar refractivity (Wildman–Crippen MR) is 66.0 cm³/mol. The second kappa shape index (κ2) is 5.79. The number of rotatable bonds is 4. The summed E-state index contributed by atoms with van der Waals surface area (Å²) in [7, 11) is 0. The molecule has 7 heteroatoms. The zero-order valence-electron chi connectivity index (χ0n) is 10.1. The fraction of sp³-hybridized carbons (Fsp3) is 0.250. The fourth-order valence-electron chi connectivity index (χ4n) is 1.56. The topological polar surface area (TPSA) is 68.0 Å². The first-order valence-corrected chi connectivity index (χ1v) is 5.93. The molecule has 0 bridgehead atoms. The number of carbonyl (C=O) groups excluding carboxylic acids is 1. The van der Waals surface area contributed by atoms with E-state index in [1.54, 1.807) is 6.92 Å². The zero-order chi connectivity index (χ0) is 13.8. The summed E-state index contributed by atoms with van der Waals surface area (Å²) in [5.41, 5.74) is 0.556. The number of nitrogens with zero attached hydrogens (tertiary/aromatic N) is 2. The van der Waals surface area contributed by atoms with Gasteiger partial charge >= 0.3 is 0 Å². The number of amides is 1. The molecule has 0 aliphatic heterocycles. The van der Waals surface area contributed by atoms with E-state index in [-0.39, 0.29) is 23.4 Å². The van der Waals surface area contributed by atoms with Gasteiger partial charge in [-0.25, -0.2) is 4.39 Å². The lowest BCUT2D eigenvalue weighted by atomic mass is 10.1. The second-order valence-corrected chi connectivity index (χ2v) is 4.40. The number of halogens is 2. The highest BCUT2D eigenvalue weighted by molar-refractivity contribution is 6.31. The van der Waals surface area contributed by atoms with Crippen molar-refractivity contribution in [3.8, 4) is 0 Å². The maximum Gasteiger partial charge on any atom is 0.225 e. The van der Waals surface area contributed by atoms with Gasteiger partial charge in [-0.15, -0.1) is 0 Å². The molecule has 0 fully saturated rings. The summed E-state index contributed by atoms with van der Waals surface area (Å²) in [6.07, 6.45) is 1.25. The highest BCUT2D eigenvalue weighted by Gasteiger charge is 2.14. The van der Waals surface area contributed by atoms with Gasteiger partial charge in [-0.2, -0.15) is 4.98 Å². The Kier molecular flexibility index (Phi) is 4.11. The van der Waals surface area contributed by atoms with E-state index in [1.807, 2.05) is 0 Å². The van der Waals surface area contributed by atoms with Crippen LogP contribution in [-0.4, -0.2) is 16.0 Å². The van der Waals surface area contributed by atoms with Crippen molar-refractivity contribution in [2.24, 2.45) is 0 Å². The van der Waals surface area contributed by atoms with Crippen LogP contribution < -0.4 is 5.32 Å². The highest BCUT2D eigenvalue weighted by Crippen LogP contribution is 2.18. The normalized spacial score (nSPS) is 12.2. The summed E-state index contributed by atoms with van der Waals surface area (Å²) in [4.78, 5) is 15.6. The van der Waals surface area contributed by atoms with Gasteiger partial charge < -0.3 is 9.84 Å². The Morgan fingerprint density at radius 1 is 1.58 bits per heavy atom. The quantitative estimate of drug-likeness (QED) is 0.935. The molecule has 1 amide bonds. The van der Waals surface area contributed by atoms with E-state index in [0.717, 1.165) is 0 Å². The molecule has 0 unspecified atom stereocenters. The van der Waals surface area contributed by atoms with E-state index in [2.05, 4.69) is 20.0 Å². The van der Waals surface area contributed by atoms with Crippen molar-refractivity contribution < 1.29 is 13.7 Å². The van der Waals surface area contributed by atoms with Crippen molar-refractivity contribution in [1.29, 1.82) is 0 Å². The van der Waals surface area contributed by atoms with E-state index < -0.39 is 5.82 Å². The maximum absolute atomic E-state index is 12.9. The summed E-state index contributed by atoms with van der Waals surface area (Å²) in [5.74, 6) is -0.307. The minimum Gasteiger partial charge on any atom is -0.346 e. The molecule has 0 saturated heterocycles. The number of hydrogen-bond acceptors (Lipinski definition) is 4. The van der Waals surface area contributed by atoms with Crippen LogP contribution in [0.2, 0.25) is 5.02 Å².